The van der Waals surface area contributed by atoms with E-state index in [1.54, 1.807) is 16.0 Å². The normalized spacial score (nSPS) is 12.3. The fourth-order valence-corrected chi connectivity index (χ4v) is 3.03. The second-order valence-electron chi connectivity index (χ2n) is 4.07. The topological polar surface area (TPSA) is 98.7 Å². The zero-order valence-electron chi connectivity index (χ0n) is 11.0. The van der Waals surface area contributed by atoms with Crippen LogP contribution < -0.4 is 11.1 Å². The molecule has 1 amide bonds. The number of carbonyl (C=O) groups is 1. The fraction of sp³-hybridized carbons (Fsp3) is 0.455. The van der Waals surface area contributed by atoms with Crippen molar-refractivity contribution in [2.75, 3.05) is 12.3 Å². The third kappa shape index (κ3) is 4.02. The molecule has 9 heteroatoms. The van der Waals surface area contributed by atoms with Crippen molar-refractivity contribution in [3.8, 4) is 0 Å². The third-order valence-corrected chi connectivity index (χ3v) is 4.53. The number of hydrogen-bond donors (Lipinski definition) is 2. The largest absolute Gasteiger partial charge is 0.348 e. The summed E-state index contributed by atoms with van der Waals surface area (Å²) in [5, 5.41) is 16.8. The summed E-state index contributed by atoms with van der Waals surface area (Å²) in [6.07, 6.45) is 0. The highest BCUT2D eigenvalue weighted by Crippen LogP contribution is 2.19. The van der Waals surface area contributed by atoms with E-state index >= 15 is 0 Å². The Bertz CT molecular complexity index is 541. The molecule has 2 rings (SSSR count). The average molecular weight is 312 g/mol. The molecule has 2 aromatic rings. The molecule has 0 radical (unpaired) electrons. The number of thiophene rings is 1. The Morgan fingerprint density at radius 2 is 2.50 bits per heavy atom. The number of nitrogens with one attached hydrogen (secondary N) is 1. The lowest BCUT2D eigenvalue weighted by Gasteiger charge is -2.11. The van der Waals surface area contributed by atoms with Gasteiger partial charge in [0, 0.05) is 11.4 Å². The summed E-state index contributed by atoms with van der Waals surface area (Å²) < 4.78 is 1.60. The minimum Gasteiger partial charge on any atom is -0.348 e. The van der Waals surface area contributed by atoms with Crippen molar-refractivity contribution >= 4 is 29.0 Å². The maximum absolute atomic E-state index is 11.9. The maximum Gasteiger partial charge on any atom is 0.230 e. The minimum atomic E-state index is -0.0433. The molecule has 0 aliphatic rings. The van der Waals surface area contributed by atoms with E-state index in [0.717, 1.165) is 4.88 Å². The van der Waals surface area contributed by atoms with E-state index < -0.39 is 0 Å². The van der Waals surface area contributed by atoms with Gasteiger partial charge in [0.2, 0.25) is 11.1 Å². The number of nitrogens with two attached hydrogens (primary N) is 1. The summed E-state index contributed by atoms with van der Waals surface area (Å²) in [5.74, 6) is 0.235. The van der Waals surface area contributed by atoms with E-state index in [2.05, 4.69) is 20.8 Å². The number of nitrogens with zero attached hydrogens (tertiary/aromatic N) is 4. The van der Waals surface area contributed by atoms with Crippen LogP contribution in [0.2, 0.25) is 0 Å². The van der Waals surface area contributed by atoms with Gasteiger partial charge in [0.05, 0.1) is 18.3 Å². The van der Waals surface area contributed by atoms with Gasteiger partial charge in [0.15, 0.2) is 0 Å². The second-order valence-corrected chi connectivity index (χ2v) is 5.99. The summed E-state index contributed by atoms with van der Waals surface area (Å²) in [6, 6.07) is 3.99. The Labute approximate surface area is 124 Å². The molecule has 1 atom stereocenters. The van der Waals surface area contributed by atoms with Gasteiger partial charge in [-0.25, -0.2) is 4.68 Å². The second kappa shape index (κ2) is 7.36. The molecule has 7 nitrogen and oxygen atoms in total. The Balaban J connectivity index is 1.81. The molecule has 0 aliphatic carbocycles. The lowest BCUT2D eigenvalue weighted by molar-refractivity contribution is -0.119. The van der Waals surface area contributed by atoms with Crippen LogP contribution in [0.4, 0.5) is 0 Å². The predicted molar refractivity (Wildman–Crippen MR) is 78.5 cm³/mol. The van der Waals surface area contributed by atoms with Crippen molar-refractivity contribution in [2.24, 2.45) is 5.73 Å². The molecular formula is C11H16N6OS2. The first-order chi connectivity index (χ1) is 9.70. The third-order valence-electron chi connectivity index (χ3n) is 2.52. The zero-order valence-corrected chi connectivity index (χ0v) is 12.7. The smallest absolute Gasteiger partial charge is 0.230 e. The van der Waals surface area contributed by atoms with E-state index in [1.165, 1.54) is 11.8 Å². The molecule has 0 aromatic carbocycles. The lowest BCUT2D eigenvalue weighted by atomic mass is 10.3. The number of rotatable bonds is 7. The van der Waals surface area contributed by atoms with E-state index in [4.69, 9.17) is 5.73 Å². The summed E-state index contributed by atoms with van der Waals surface area (Å²) in [5.41, 5.74) is 5.46. The molecule has 108 valence electrons. The van der Waals surface area contributed by atoms with Gasteiger partial charge < -0.3 is 11.1 Å². The van der Waals surface area contributed by atoms with Gasteiger partial charge in [0.1, 0.15) is 0 Å². The average Bonchev–Trinajstić information content (AvgIpc) is 3.08. The highest BCUT2D eigenvalue weighted by molar-refractivity contribution is 7.99. The van der Waals surface area contributed by atoms with Crippen LogP contribution in [0.5, 0.6) is 0 Å². The number of tetrazole rings is 1. The van der Waals surface area contributed by atoms with Gasteiger partial charge in [-0.15, -0.1) is 16.4 Å². The molecule has 0 fully saturated rings. The number of amides is 1. The summed E-state index contributed by atoms with van der Waals surface area (Å²) in [6.45, 7) is 2.97. The quantitative estimate of drug-likeness (QED) is 0.729. The van der Waals surface area contributed by atoms with Crippen LogP contribution in [0, 0.1) is 0 Å². The van der Waals surface area contributed by atoms with Crippen molar-refractivity contribution in [3.05, 3.63) is 22.4 Å². The standard InChI is InChI=1S/C11H16N6OS2/c1-8(9-3-2-6-19-9)13-10(18)7-20-11-14-15-16-17(11)5-4-12/h2-3,6,8H,4-5,7,12H2,1H3,(H,13,18). The van der Waals surface area contributed by atoms with Crippen molar-refractivity contribution in [1.29, 1.82) is 0 Å². The molecule has 2 aromatic heterocycles. The SMILES string of the molecule is CC(NC(=O)CSc1nnnn1CCN)c1cccs1. The highest BCUT2D eigenvalue weighted by Gasteiger charge is 2.13. The molecule has 0 saturated carbocycles. The van der Waals surface area contributed by atoms with Gasteiger partial charge in [-0.3, -0.25) is 4.79 Å². The number of aromatic nitrogens is 4. The predicted octanol–water partition coefficient (Wildman–Crippen LogP) is 0.663. The molecule has 0 aliphatic heterocycles. The highest BCUT2D eigenvalue weighted by atomic mass is 32.2. The van der Waals surface area contributed by atoms with Crippen molar-refractivity contribution in [1.82, 2.24) is 25.5 Å². The Hall–Kier alpha value is -1.45. The van der Waals surface area contributed by atoms with Gasteiger partial charge in [-0.1, -0.05) is 17.8 Å². The monoisotopic (exact) mass is 312 g/mol. The van der Waals surface area contributed by atoms with E-state index in [0.29, 0.717) is 18.2 Å². The summed E-state index contributed by atoms with van der Waals surface area (Å²) >= 11 is 2.93. The van der Waals surface area contributed by atoms with Crippen LogP contribution in [-0.2, 0) is 11.3 Å². The number of carbonyl (C=O) groups excluding carboxylic acids is 1. The minimum absolute atomic E-state index is 0.0168. The lowest BCUT2D eigenvalue weighted by Crippen LogP contribution is -2.27. The summed E-state index contributed by atoms with van der Waals surface area (Å²) in [4.78, 5) is 13.0. The van der Waals surface area contributed by atoms with Gasteiger partial charge in [-0.05, 0) is 28.8 Å². The first-order valence-electron chi connectivity index (χ1n) is 6.12. The number of thioether (sulfide) groups is 1. The van der Waals surface area contributed by atoms with Gasteiger partial charge in [-0.2, -0.15) is 0 Å². The van der Waals surface area contributed by atoms with Crippen LogP contribution >= 0.6 is 23.1 Å². The zero-order chi connectivity index (χ0) is 14.4. The molecule has 1 unspecified atom stereocenters. The van der Waals surface area contributed by atoms with Crippen molar-refractivity contribution in [3.63, 3.8) is 0 Å². The Morgan fingerprint density at radius 3 is 3.20 bits per heavy atom. The van der Waals surface area contributed by atoms with E-state index in [9.17, 15) is 4.79 Å². The molecule has 0 bridgehead atoms. The van der Waals surface area contributed by atoms with Crippen LogP contribution in [0.1, 0.15) is 17.8 Å². The van der Waals surface area contributed by atoms with Crippen molar-refractivity contribution < 1.29 is 4.79 Å². The Morgan fingerprint density at radius 1 is 1.65 bits per heavy atom. The number of hydrogen-bond acceptors (Lipinski definition) is 7. The van der Waals surface area contributed by atoms with Crippen LogP contribution in [-0.4, -0.2) is 38.4 Å². The molecule has 3 N–H and O–H groups in total. The first kappa shape index (κ1) is 14.9. The molecular weight excluding hydrogens is 296 g/mol. The molecule has 2 heterocycles. The van der Waals surface area contributed by atoms with Crippen molar-refractivity contribution in [2.45, 2.75) is 24.7 Å². The van der Waals surface area contributed by atoms with E-state index in [1.807, 2.05) is 24.4 Å². The van der Waals surface area contributed by atoms with E-state index in [-0.39, 0.29) is 17.7 Å². The van der Waals surface area contributed by atoms with Gasteiger partial charge >= 0.3 is 0 Å². The molecule has 0 spiro atoms. The molecule has 0 saturated heterocycles. The van der Waals surface area contributed by atoms with Crippen LogP contribution in [0.15, 0.2) is 22.7 Å². The maximum atomic E-state index is 11.9. The Kier molecular flexibility index (Phi) is 5.50. The molecule has 20 heavy (non-hydrogen) atoms. The van der Waals surface area contributed by atoms with Crippen LogP contribution in [0.3, 0.4) is 0 Å². The van der Waals surface area contributed by atoms with Gasteiger partial charge in [0.25, 0.3) is 0 Å². The fourth-order valence-electron chi connectivity index (χ4n) is 1.58. The summed E-state index contributed by atoms with van der Waals surface area (Å²) in [7, 11) is 0. The van der Waals surface area contributed by atoms with Crippen LogP contribution in [0.25, 0.3) is 0 Å². The first-order valence-corrected chi connectivity index (χ1v) is 7.99.